The van der Waals surface area contributed by atoms with E-state index in [0.29, 0.717) is 13.3 Å². The summed E-state index contributed by atoms with van der Waals surface area (Å²) < 4.78 is 10.9. The zero-order chi connectivity index (χ0) is 16.5. The molecular formula is C19H22N2O3. The molecule has 4 rings (SSSR count). The molecule has 1 fully saturated rings. The first-order valence-corrected chi connectivity index (χ1v) is 8.37. The lowest BCUT2D eigenvalue weighted by atomic mass is 9.97. The number of fused-ring (bicyclic) bond motifs is 1. The number of aryl methyl sites for hydroxylation is 1. The maximum Gasteiger partial charge on any atom is 0.231 e. The molecule has 1 saturated heterocycles. The number of β-amino-alcohol motifs (C(OH)–C–C–N with tert-alkyl or cyclic N) is 1. The van der Waals surface area contributed by atoms with Crippen LogP contribution in [0.25, 0.3) is 0 Å². The number of aromatic nitrogens is 1. The average molecular weight is 326 g/mol. The van der Waals surface area contributed by atoms with Crippen molar-refractivity contribution in [3.05, 3.63) is 53.3 Å². The monoisotopic (exact) mass is 326 g/mol. The number of benzene rings is 1. The number of rotatable bonds is 4. The highest BCUT2D eigenvalue weighted by molar-refractivity contribution is 5.48. The molecule has 0 saturated carbocycles. The zero-order valence-electron chi connectivity index (χ0n) is 13.8. The smallest absolute Gasteiger partial charge is 0.231 e. The van der Waals surface area contributed by atoms with Gasteiger partial charge in [0.25, 0.3) is 0 Å². The molecule has 2 atom stereocenters. The van der Waals surface area contributed by atoms with E-state index in [1.54, 1.807) is 0 Å². The molecule has 5 nitrogen and oxygen atoms in total. The van der Waals surface area contributed by atoms with Gasteiger partial charge in [-0.15, -0.1) is 0 Å². The van der Waals surface area contributed by atoms with E-state index >= 15 is 0 Å². The van der Waals surface area contributed by atoms with Gasteiger partial charge in [0, 0.05) is 37.9 Å². The Morgan fingerprint density at radius 1 is 1.17 bits per heavy atom. The van der Waals surface area contributed by atoms with Gasteiger partial charge in [0.05, 0.1) is 6.10 Å². The zero-order valence-corrected chi connectivity index (χ0v) is 13.8. The minimum atomic E-state index is -0.285. The Balaban J connectivity index is 1.43. The molecule has 3 heterocycles. The summed E-state index contributed by atoms with van der Waals surface area (Å²) in [5.74, 6) is 1.92. The number of nitrogens with zero attached hydrogens (tertiary/aromatic N) is 2. The van der Waals surface area contributed by atoms with Gasteiger partial charge in [-0.25, -0.2) is 0 Å². The maximum absolute atomic E-state index is 10.4. The molecular weight excluding hydrogens is 304 g/mol. The van der Waals surface area contributed by atoms with Crippen LogP contribution >= 0.6 is 0 Å². The van der Waals surface area contributed by atoms with Crippen molar-refractivity contribution in [1.29, 1.82) is 0 Å². The second-order valence-electron chi connectivity index (χ2n) is 6.71. The summed E-state index contributed by atoms with van der Waals surface area (Å²) in [5.41, 5.74) is 3.66. The summed E-state index contributed by atoms with van der Waals surface area (Å²) in [6.07, 6.45) is 4.22. The number of ether oxygens (including phenoxy) is 2. The maximum atomic E-state index is 10.4. The molecule has 24 heavy (non-hydrogen) atoms. The summed E-state index contributed by atoms with van der Waals surface area (Å²) in [4.78, 5) is 6.37. The lowest BCUT2D eigenvalue weighted by Gasteiger charge is -2.17. The third-order valence-corrected chi connectivity index (χ3v) is 4.95. The van der Waals surface area contributed by atoms with Crippen molar-refractivity contribution in [3.63, 3.8) is 0 Å². The Bertz CT molecular complexity index is 720. The van der Waals surface area contributed by atoms with Crippen molar-refractivity contribution >= 4 is 0 Å². The molecule has 0 spiro atoms. The Labute approximate surface area is 141 Å². The van der Waals surface area contributed by atoms with Crippen LogP contribution < -0.4 is 9.47 Å². The Morgan fingerprint density at radius 3 is 2.71 bits per heavy atom. The molecule has 0 aliphatic carbocycles. The number of likely N-dealkylation sites (tertiary alicyclic amines) is 1. The quantitative estimate of drug-likeness (QED) is 0.933. The van der Waals surface area contributed by atoms with E-state index in [-0.39, 0.29) is 12.0 Å². The van der Waals surface area contributed by atoms with Crippen LogP contribution in [0.15, 0.2) is 36.7 Å². The van der Waals surface area contributed by atoms with Crippen LogP contribution in [0.2, 0.25) is 0 Å². The molecule has 0 radical (unpaired) electrons. The van der Waals surface area contributed by atoms with Crippen molar-refractivity contribution in [2.45, 2.75) is 26.0 Å². The summed E-state index contributed by atoms with van der Waals surface area (Å²) in [5, 5.41) is 10.4. The minimum absolute atomic E-state index is 0.265. The number of hydrogen-bond acceptors (Lipinski definition) is 5. The molecule has 1 N–H and O–H groups in total. The van der Waals surface area contributed by atoms with Crippen LogP contribution in [-0.2, 0) is 13.0 Å². The predicted molar refractivity (Wildman–Crippen MR) is 90.0 cm³/mol. The van der Waals surface area contributed by atoms with Crippen LogP contribution in [0.5, 0.6) is 11.5 Å². The lowest BCUT2D eigenvalue weighted by molar-refractivity contribution is 0.141. The molecule has 2 aliphatic heterocycles. The first kappa shape index (κ1) is 15.4. The fraction of sp³-hybridized carbons (Fsp3) is 0.421. The molecule has 0 unspecified atom stereocenters. The lowest BCUT2D eigenvalue weighted by Crippen LogP contribution is -2.21. The third kappa shape index (κ3) is 3.09. The van der Waals surface area contributed by atoms with Crippen LogP contribution in [0, 0.1) is 12.8 Å². The predicted octanol–water partition coefficient (Wildman–Crippen LogP) is 2.15. The average Bonchev–Trinajstić information content (AvgIpc) is 3.15. The number of hydrogen-bond donors (Lipinski definition) is 1. The standard InChI is InChI=1S/C19H22N2O3/c1-13-6-18-19(24-12-23-18)8-15(13)9-21-10-16(17(22)11-21)7-14-2-4-20-5-3-14/h2-6,8,16-17,22H,7,9-12H2,1H3/t16-,17-/m1/s1. The second-order valence-corrected chi connectivity index (χ2v) is 6.71. The van der Waals surface area contributed by atoms with E-state index < -0.39 is 0 Å². The van der Waals surface area contributed by atoms with Crippen LogP contribution in [-0.4, -0.2) is 41.0 Å². The third-order valence-electron chi connectivity index (χ3n) is 4.95. The second kappa shape index (κ2) is 6.42. The fourth-order valence-corrected chi connectivity index (χ4v) is 3.59. The van der Waals surface area contributed by atoms with Gasteiger partial charge in [-0.05, 0) is 54.3 Å². The molecule has 2 aliphatic rings. The number of aliphatic hydroxyl groups excluding tert-OH is 1. The molecule has 5 heteroatoms. The summed E-state index contributed by atoms with van der Waals surface area (Å²) >= 11 is 0. The van der Waals surface area contributed by atoms with Gasteiger partial charge in [0.2, 0.25) is 6.79 Å². The van der Waals surface area contributed by atoms with E-state index in [0.717, 1.165) is 31.0 Å². The van der Waals surface area contributed by atoms with E-state index in [9.17, 15) is 5.11 Å². The van der Waals surface area contributed by atoms with Crippen molar-refractivity contribution in [1.82, 2.24) is 9.88 Å². The number of aliphatic hydroxyl groups is 1. The van der Waals surface area contributed by atoms with Gasteiger partial charge < -0.3 is 14.6 Å². The van der Waals surface area contributed by atoms with Crippen molar-refractivity contribution in [2.24, 2.45) is 5.92 Å². The van der Waals surface area contributed by atoms with E-state index in [1.165, 1.54) is 16.7 Å². The Hall–Kier alpha value is -2.11. The Morgan fingerprint density at radius 2 is 1.92 bits per heavy atom. The molecule has 0 bridgehead atoms. The van der Waals surface area contributed by atoms with Gasteiger partial charge in [0.1, 0.15) is 0 Å². The van der Waals surface area contributed by atoms with Crippen LogP contribution in [0.1, 0.15) is 16.7 Å². The van der Waals surface area contributed by atoms with E-state index in [1.807, 2.05) is 30.6 Å². The summed E-state index contributed by atoms with van der Waals surface area (Å²) in [6.45, 7) is 4.83. The van der Waals surface area contributed by atoms with E-state index in [4.69, 9.17) is 9.47 Å². The van der Waals surface area contributed by atoms with Gasteiger partial charge in [0.15, 0.2) is 11.5 Å². The van der Waals surface area contributed by atoms with Crippen molar-refractivity contribution in [3.8, 4) is 11.5 Å². The first-order chi connectivity index (χ1) is 11.7. The first-order valence-electron chi connectivity index (χ1n) is 8.37. The van der Waals surface area contributed by atoms with E-state index in [2.05, 4.69) is 22.9 Å². The van der Waals surface area contributed by atoms with Gasteiger partial charge in [-0.3, -0.25) is 9.88 Å². The normalized spacial score (nSPS) is 22.9. The van der Waals surface area contributed by atoms with Crippen LogP contribution in [0.3, 0.4) is 0 Å². The Kier molecular flexibility index (Phi) is 4.12. The SMILES string of the molecule is Cc1cc2c(cc1CN1C[C@@H](Cc3ccncc3)[C@H](O)C1)OCO2. The van der Waals surface area contributed by atoms with Gasteiger partial charge in [-0.2, -0.15) is 0 Å². The molecule has 2 aromatic rings. The summed E-state index contributed by atoms with van der Waals surface area (Å²) in [7, 11) is 0. The molecule has 126 valence electrons. The van der Waals surface area contributed by atoms with Crippen LogP contribution in [0.4, 0.5) is 0 Å². The van der Waals surface area contributed by atoms with Crippen molar-refractivity contribution in [2.75, 3.05) is 19.9 Å². The molecule has 1 aromatic heterocycles. The molecule has 0 amide bonds. The highest BCUT2D eigenvalue weighted by atomic mass is 16.7. The topological polar surface area (TPSA) is 54.8 Å². The fourth-order valence-electron chi connectivity index (χ4n) is 3.59. The number of pyridine rings is 1. The highest BCUT2D eigenvalue weighted by Crippen LogP contribution is 2.35. The largest absolute Gasteiger partial charge is 0.454 e. The molecule has 1 aromatic carbocycles. The highest BCUT2D eigenvalue weighted by Gasteiger charge is 2.31. The van der Waals surface area contributed by atoms with Gasteiger partial charge >= 0.3 is 0 Å². The summed E-state index contributed by atoms with van der Waals surface area (Å²) in [6, 6.07) is 8.16. The minimum Gasteiger partial charge on any atom is -0.454 e. The van der Waals surface area contributed by atoms with Gasteiger partial charge in [-0.1, -0.05) is 0 Å². The van der Waals surface area contributed by atoms with Crippen molar-refractivity contribution < 1.29 is 14.6 Å².